The average Bonchev–Trinajstić information content (AvgIpc) is 3.29. The molecule has 2 nitrogen and oxygen atoms in total. The first-order valence-electron chi connectivity index (χ1n) is 8.53. The molecule has 1 saturated heterocycles. The molecule has 0 unspecified atom stereocenters. The van der Waals surface area contributed by atoms with E-state index < -0.39 is 0 Å². The van der Waals surface area contributed by atoms with Crippen molar-refractivity contribution in [2.75, 3.05) is 13.1 Å². The molecule has 1 N–H and O–H groups in total. The van der Waals surface area contributed by atoms with Crippen LogP contribution >= 0.6 is 0 Å². The van der Waals surface area contributed by atoms with Crippen LogP contribution in [-0.2, 0) is 0 Å². The Morgan fingerprint density at radius 3 is 2.19 bits per heavy atom. The highest BCUT2D eigenvalue weighted by Crippen LogP contribution is 2.37. The van der Waals surface area contributed by atoms with Gasteiger partial charge in [0.1, 0.15) is 5.82 Å². The van der Waals surface area contributed by atoms with Crippen LogP contribution in [0.1, 0.15) is 50.0 Å². The highest BCUT2D eigenvalue weighted by molar-refractivity contribution is 5.23. The van der Waals surface area contributed by atoms with E-state index in [0.717, 1.165) is 12.1 Å². The van der Waals surface area contributed by atoms with E-state index in [-0.39, 0.29) is 5.82 Å². The summed E-state index contributed by atoms with van der Waals surface area (Å²) in [6, 6.07) is 9.40. The van der Waals surface area contributed by atoms with Gasteiger partial charge in [0.15, 0.2) is 0 Å². The van der Waals surface area contributed by atoms with Gasteiger partial charge in [-0.15, -0.1) is 0 Å². The molecule has 1 aromatic rings. The minimum absolute atomic E-state index is 0.129. The maximum Gasteiger partial charge on any atom is 0.123 e. The third-order valence-corrected chi connectivity index (χ3v) is 5.54. The Morgan fingerprint density at radius 2 is 1.57 bits per heavy atom. The number of halogens is 1. The van der Waals surface area contributed by atoms with Crippen LogP contribution in [0.3, 0.4) is 0 Å². The molecule has 3 aliphatic rings. The second kappa shape index (κ2) is 5.69. The van der Waals surface area contributed by atoms with Gasteiger partial charge in [0, 0.05) is 18.1 Å². The number of hydrogen-bond acceptors (Lipinski definition) is 2. The number of nitrogens with one attached hydrogen (secondary N) is 1. The quantitative estimate of drug-likeness (QED) is 0.914. The summed E-state index contributed by atoms with van der Waals surface area (Å²) in [6.45, 7) is 2.58. The molecule has 1 aromatic carbocycles. The van der Waals surface area contributed by atoms with Crippen molar-refractivity contribution in [3.8, 4) is 0 Å². The van der Waals surface area contributed by atoms with Crippen LogP contribution in [0.4, 0.5) is 4.39 Å². The fraction of sp³-hybridized carbons (Fsp3) is 0.667. The van der Waals surface area contributed by atoms with Gasteiger partial charge in [-0.25, -0.2) is 4.39 Å². The zero-order chi connectivity index (χ0) is 14.2. The molecule has 1 heterocycles. The molecule has 1 aliphatic heterocycles. The lowest BCUT2D eigenvalue weighted by molar-refractivity contribution is 0.165. The van der Waals surface area contributed by atoms with Crippen molar-refractivity contribution in [1.82, 2.24) is 10.2 Å². The van der Waals surface area contributed by atoms with Gasteiger partial charge in [-0.05, 0) is 75.2 Å². The summed E-state index contributed by atoms with van der Waals surface area (Å²) in [5.74, 6) is 0.504. The van der Waals surface area contributed by atoms with E-state index in [2.05, 4.69) is 10.2 Å². The third-order valence-electron chi connectivity index (χ3n) is 5.54. The predicted molar refractivity (Wildman–Crippen MR) is 82.9 cm³/mol. The van der Waals surface area contributed by atoms with Crippen molar-refractivity contribution < 1.29 is 4.39 Å². The highest BCUT2D eigenvalue weighted by atomic mass is 19.1. The summed E-state index contributed by atoms with van der Waals surface area (Å²) in [6.07, 6.45) is 7.92. The molecule has 0 amide bonds. The van der Waals surface area contributed by atoms with E-state index in [9.17, 15) is 4.39 Å². The van der Waals surface area contributed by atoms with E-state index in [1.165, 1.54) is 57.2 Å². The van der Waals surface area contributed by atoms with Crippen molar-refractivity contribution in [3.63, 3.8) is 0 Å². The third kappa shape index (κ3) is 3.14. The lowest BCUT2D eigenvalue weighted by Crippen LogP contribution is -2.50. The van der Waals surface area contributed by atoms with E-state index in [0.29, 0.717) is 12.0 Å². The molecule has 21 heavy (non-hydrogen) atoms. The molecule has 0 bridgehead atoms. The van der Waals surface area contributed by atoms with Gasteiger partial charge in [-0.3, -0.25) is 0 Å². The number of rotatable bonds is 4. The minimum atomic E-state index is -0.129. The van der Waals surface area contributed by atoms with Crippen LogP contribution in [-0.4, -0.2) is 36.1 Å². The maximum atomic E-state index is 12.9. The van der Waals surface area contributed by atoms with Crippen molar-refractivity contribution in [2.45, 2.75) is 62.6 Å². The SMILES string of the molecule is Fc1ccc(C2CC(NC3CCN(C4CC4)CC3)C2)cc1. The van der Waals surface area contributed by atoms with E-state index in [1.807, 2.05) is 12.1 Å². The highest BCUT2D eigenvalue weighted by Gasteiger charge is 2.35. The number of piperidine rings is 1. The molecule has 3 fully saturated rings. The van der Waals surface area contributed by atoms with Gasteiger partial charge in [-0.1, -0.05) is 12.1 Å². The molecule has 0 atom stereocenters. The van der Waals surface area contributed by atoms with Crippen molar-refractivity contribution in [1.29, 1.82) is 0 Å². The van der Waals surface area contributed by atoms with Crippen molar-refractivity contribution in [3.05, 3.63) is 35.6 Å². The Bertz CT molecular complexity index is 468. The minimum Gasteiger partial charge on any atom is -0.311 e. The Hall–Kier alpha value is -0.930. The summed E-state index contributed by atoms with van der Waals surface area (Å²) < 4.78 is 12.9. The number of likely N-dealkylation sites (tertiary alicyclic amines) is 1. The summed E-state index contributed by atoms with van der Waals surface area (Å²) >= 11 is 0. The van der Waals surface area contributed by atoms with Gasteiger partial charge in [0.2, 0.25) is 0 Å². The lowest BCUT2D eigenvalue weighted by Gasteiger charge is -2.41. The topological polar surface area (TPSA) is 15.3 Å². The molecule has 3 heteroatoms. The number of nitrogens with zero attached hydrogens (tertiary/aromatic N) is 1. The normalized spacial score (nSPS) is 31.1. The van der Waals surface area contributed by atoms with Crippen LogP contribution < -0.4 is 5.32 Å². The smallest absolute Gasteiger partial charge is 0.123 e. The van der Waals surface area contributed by atoms with Crippen LogP contribution in [0.2, 0.25) is 0 Å². The molecular formula is C18H25FN2. The standard InChI is InChI=1S/C18H25FN2/c19-15-3-1-13(2-4-15)14-11-17(12-14)20-16-7-9-21(10-8-16)18-5-6-18/h1-4,14,16-18,20H,5-12H2. The van der Waals surface area contributed by atoms with Gasteiger partial charge in [-0.2, -0.15) is 0 Å². The van der Waals surface area contributed by atoms with Crippen molar-refractivity contribution in [2.24, 2.45) is 0 Å². The van der Waals surface area contributed by atoms with Crippen molar-refractivity contribution >= 4 is 0 Å². The number of benzene rings is 1. The molecular weight excluding hydrogens is 263 g/mol. The Balaban J connectivity index is 1.21. The van der Waals surface area contributed by atoms with Gasteiger partial charge in [0.25, 0.3) is 0 Å². The molecule has 4 rings (SSSR count). The maximum absolute atomic E-state index is 12.9. The predicted octanol–water partition coefficient (Wildman–Crippen LogP) is 3.29. The molecule has 114 valence electrons. The fourth-order valence-electron chi connectivity index (χ4n) is 3.97. The summed E-state index contributed by atoms with van der Waals surface area (Å²) in [4.78, 5) is 2.68. The van der Waals surface area contributed by atoms with Crippen LogP contribution in [0.25, 0.3) is 0 Å². The monoisotopic (exact) mass is 288 g/mol. The van der Waals surface area contributed by atoms with E-state index in [4.69, 9.17) is 0 Å². The van der Waals surface area contributed by atoms with Crippen LogP contribution in [0, 0.1) is 5.82 Å². The average molecular weight is 288 g/mol. The lowest BCUT2D eigenvalue weighted by atomic mass is 9.75. The Labute approximate surface area is 126 Å². The zero-order valence-electron chi connectivity index (χ0n) is 12.6. The largest absolute Gasteiger partial charge is 0.311 e. The number of hydrogen-bond donors (Lipinski definition) is 1. The molecule has 0 aromatic heterocycles. The molecule has 0 radical (unpaired) electrons. The zero-order valence-corrected chi connectivity index (χ0v) is 12.6. The first-order valence-corrected chi connectivity index (χ1v) is 8.53. The Morgan fingerprint density at radius 1 is 0.905 bits per heavy atom. The van der Waals surface area contributed by atoms with E-state index in [1.54, 1.807) is 12.1 Å². The first-order chi connectivity index (χ1) is 10.3. The van der Waals surface area contributed by atoms with Gasteiger partial charge < -0.3 is 10.2 Å². The first kappa shape index (κ1) is 13.7. The summed E-state index contributed by atoms with van der Waals surface area (Å²) in [7, 11) is 0. The molecule has 0 spiro atoms. The van der Waals surface area contributed by atoms with Crippen LogP contribution in [0.5, 0.6) is 0 Å². The van der Waals surface area contributed by atoms with Gasteiger partial charge >= 0.3 is 0 Å². The van der Waals surface area contributed by atoms with E-state index >= 15 is 0 Å². The second-order valence-corrected chi connectivity index (χ2v) is 7.12. The summed E-state index contributed by atoms with van der Waals surface area (Å²) in [5.41, 5.74) is 1.30. The van der Waals surface area contributed by atoms with Crippen LogP contribution in [0.15, 0.2) is 24.3 Å². The summed E-state index contributed by atoms with van der Waals surface area (Å²) in [5, 5.41) is 3.85. The molecule has 2 aliphatic carbocycles. The molecule has 2 saturated carbocycles. The second-order valence-electron chi connectivity index (χ2n) is 7.12. The fourth-order valence-corrected chi connectivity index (χ4v) is 3.97. The Kier molecular flexibility index (Phi) is 3.72. The van der Waals surface area contributed by atoms with Gasteiger partial charge in [0.05, 0.1) is 0 Å².